The fraction of sp³-hybridized carbons (Fsp3) is 0.576. The Kier molecular flexibility index (Phi) is 11.3. The third-order valence-electron chi connectivity index (χ3n) is 8.62. The van der Waals surface area contributed by atoms with E-state index >= 15 is 0 Å². The molecule has 3 aliphatic rings. The van der Waals surface area contributed by atoms with Crippen LogP contribution in [0.1, 0.15) is 60.2 Å². The molecular formula is C33H46N4O8S. The lowest BCUT2D eigenvalue weighted by Crippen LogP contribution is -2.43. The summed E-state index contributed by atoms with van der Waals surface area (Å²) in [6.45, 7) is 6.82. The zero-order valence-corrected chi connectivity index (χ0v) is 27.9. The lowest BCUT2D eigenvalue weighted by molar-refractivity contribution is 0.0461. The van der Waals surface area contributed by atoms with Gasteiger partial charge in [0.25, 0.3) is 11.8 Å². The lowest BCUT2D eigenvalue weighted by Gasteiger charge is -2.31. The number of nitrogens with two attached hydrogens (primary N) is 1. The van der Waals surface area contributed by atoms with E-state index in [0.717, 1.165) is 18.6 Å². The number of thioether (sulfide) groups is 1. The number of aliphatic hydroxyl groups excluding tert-OH is 1. The van der Waals surface area contributed by atoms with E-state index in [9.17, 15) is 14.7 Å². The van der Waals surface area contributed by atoms with Gasteiger partial charge < -0.3 is 49.6 Å². The Bertz CT molecular complexity index is 1390. The highest BCUT2D eigenvalue weighted by Gasteiger charge is 2.39. The van der Waals surface area contributed by atoms with Crippen LogP contribution in [0.15, 0.2) is 24.3 Å². The molecule has 13 heteroatoms. The number of anilines is 2. The van der Waals surface area contributed by atoms with E-state index in [0.29, 0.717) is 97.8 Å². The number of carbonyl (C=O) groups is 2. The molecule has 0 aromatic heterocycles. The summed E-state index contributed by atoms with van der Waals surface area (Å²) in [6, 6.07) is 6.69. The maximum Gasteiger partial charge on any atom is 0.256 e. The Morgan fingerprint density at radius 1 is 1.09 bits per heavy atom. The van der Waals surface area contributed by atoms with Gasteiger partial charge in [0, 0.05) is 50.5 Å². The van der Waals surface area contributed by atoms with Crippen LogP contribution in [0.5, 0.6) is 23.0 Å². The maximum absolute atomic E-state index is 13.7. The molecule has 2 unspecified atom stereocenters. The third-order valence-corrected chi connectivity index (χ3v) is 9.73. The summed E-state index contributed by atoms with van der Waals surface area (Å²) in [6.07, 6.45) is 2.38. The molecule has 2 aromatic carbocycles. The second kappa shape index (κ2) is 15.4. The van der Waals surface area contributed by atoms with Crippen molar-refractivity contribution in [2.24, 2.45) is 0 Å². The normalized spacial score (nSPS) is 21.2. The molecule has 0 aliphatic carbocycles. The molecule has 4 N–H and O–H groups in total. The van der Waals surface area contributed by atoms with E-state index in [-0.39, 0.29) is 29.3 Å². The van der Waals surface area contributed by atoms with Crippen molar-refractivity contribution in [3.05, 3.63) is 35.4 Å². The van der Waals surface area contributed by atoms with Crippen molar-refractivity contribution in [1.29, 1.82) is 0 Å². The van der Waals surface area contributed by atoms with E-state index < -0.39 is 6.10 Å². The Morgan fingerprint density at radius 3 is 2.50 bits per heavy atom. The molecular weight excluding hydrogens is 612 g/mol. The Balaban J connectivity index is 1.19. The topological polar surface area (TPSA) is 145 Å². The van der Waals surface area contributed by atoms with Gasteiger partial charge in [-0.1, -0.05) is 6.92 Å². The number of nitrogens with zero attached hydrogens (tertiary/aromatic N) is 2. The van der Waals surface area contributed by atoms with Crippen LogP contribution in [-0.4, -0.2) is 110 Å². The van der Waals surface area contributed by atoms with Crippen LogP contribution in [0.4, 0.5) is 11.4 Å². The Hall–Kier alpha value is -3.55. The molecule has 0 spiro atoms. The molecule has 4 atom stereocenters. The van der Waals surface area contributed by atoms with Gasteiger partial charge in [-0.25, -0.2) is 0 Å². The van der Waals surface area contributed by atoms with E-state index in [2.05, 4.69) is 12.2 Å². The first-order chi connectivity index (χ1) is 22.3. The number of rotatable bonds is 14. The number of fused-ring (bicyclic) bond motifs is 2. The van der Waals surface area contributed by atoms with Crippen LogP contribution in [-0.2, 0) is 4.74 Å². The van der Waals surface area contributed by atoms with Crippen LogP contribution in [0, 0.1) is 0 Å². The molecule has 0 bridgehead atoms. The van der Waals surface area contributed by atoms with Crippen LogP contribution in [0.25, 0.3) is 0 Å². The van der Waals surface area contributed by atoms with E-state index in [1.165, 1.54) is 14.2 Å². The predicted molar refractivity (Wildman–Crippen MR) is 178 cm³/mol. The minimum atomic E-state index is -0.507. The highest BCUT2D eigenvalue weighted by Crippen LogP contribution is 2.38. The highest BCUT2D eigenvalue weighted by atomic mass is 32.2. The van der Waals surface area contributed by atoms with Crippen LogP contribution >= 0.6 is 11.8 Å². The molecule has 3 heterocycles. The number of ether oxygens (including phenoxy) is 5. The smallest absolute Gasteiger partial charge is 0.256 e. The van der Waals surface area contributed by atoms with Gasteiger partial charge in [-0.2, -0.15) is 0 Å². The molecule has 2 saturated heterocycles. The van der Waals surface area contributed by atoms with Crippen molar-refractivity contribution in [3.63, 3.8) is 0 Å². The van der Waals surface area contributed by atoms with Gasteiger partial charge in [-0.3, -0.25) is 9.59 Å². The van der Waals surface area contributed by atoms with Crippen LogP contribution < -0.4 is 30.0 Å². The van der Waals surface area contributed by atoms with Gasteiger partial charge in [0.15, 0.2) is 23.0 Å². The minimum absolute atomic E-state index is 0.0142. The molecule has 2 fully saturated rings. The molecule has 12 nitrogen and oxygen atoms in total. The largest absolute Gasteiger partial charge is 0.493 e. The number of benzene rings is 2. The zero-order chi connectivity index (χ0) is 32.8. The molecule has 3 aliphatic heterocycles. The summed E-state index contributed by atoms with van der Waals surface area (Å²) in [4.78, 5) is 30.5. The van der Waals surface area contributed by atoms with Gasteiger partial charge in [0.2, 0.25) is 0 Å². The third kappa shape index (κ3) is 7.21. The summed E-state index contributed by atoms with van der Waals surface area (Å²) in [5.74, 6) is 2.46. The second-order valence-electron chi connectivity index (χ2n) is 11.6. The average Bonchev–Trinajstić information content (AvgIpc) is 3.67. The first-order valence-electron chi connectivity index (χ1n) is 16.0. The van der Waals surface area contributed by atoms with Gasteiger partial charge in [0.05, 0.1) is 62.4 Å². The number of methoxy groups -OCH3 is 2. The number of carbonyl (C=O) groups excluding carboxylic acids is 2. The number of nitrogen functional groups attached to an aromatic ring is 1. The second-order valence-corrected chi connectivity index (χ2v) is 12.9. The highest BCUT2D eigenvalue weighted by molar-refractivity contribution is 7.99. The number of hydrogen-bond acceptors (Lipinski definition) is 11. The maximum atomic E-state index is 13.7. The number of likely N-dealkylation sites (tertiary alicyclic amines) is 1. The monoisotopic (exact) mass is 658 g/mol. The predicted octanol–water partition coefficient (Wildman–Crippen LogP) is 3.86. The van der Waals surface area contributed by atoms with Crippen molar-refractivity contribution < 1.29 is 38.4 Å². The molecule has 2 amide bonds. The SMILES string of the molecule is CCOC(SCC)C1CCCN1C(=O)c1cc(OC)c(OCCCOc2cc3c(cc2OC)C(=O)N2C[C@H](O)C[C@H]2CN3)cc1N. The van der Waals surface area contributed by atoms with Crippen molar-refractivity contribution in [2.75, 3.05) is 70.5 Å². The van der Waals surface area contributed by atoms with Crippen molar-refractivity contribution in [1.82, 2.24) is 9.80 Å². The molecule has 0 saturated carbocycles. The van der Waals surface area contributed by atoms with Crippen LogP contribution in [0.3, 0.4) is 0 Å². The number of hydrogen-bond donors (Lipinski definition) is 3. The van der Waals surface area contributed by atoms with Gasteiger partial charge in [0.1, 0.15) is 5.44 Å². The first-order valence-corrected chi connectivity index (χ1v) is 17.1. The quantitative estimate of drug-likeness (QED) is 0.155. The molecule has 46 heavy (non-hydrogen) atoms. The summed E-state index contributed by atoms with van der Waals surface area (Å²) >= 11 is 1.72. The summed E-state index contributed by atoms with van der Waals surface area (Å²) < 4.78 is 29.2. The molecule has 0 radical (unpaired) electrons. The summed E-state index contributed by atoms with van der Waals surface area (Å²) in [7, 11) is 3.07. The van der Waals surface area contributed by atoms with Gasteiger partial charge in [-0.15, -0.1) is 11.8 Å². The Morgan fingerprint density at radius 2 is 1.80 bits per heavy atom. The lowest BCUT2D eigenvalue weighted by atomic mass is 10.1. The van der Waals surface area contributed by atoms with Gasteiger partial charge >= 0.3 is 0 Å². The average molecular weight is 659 g/mol. The standard InChI is InChI=1S/C33H46N4O8S/c1-5-43-33(46-6-2)26-9-7-10-36(26)31(39)22-14-27(41-3)29(16-24(22)34)44-11-8-12-45-30-17-25-23(15-28(30)42-4)32(40)37-19-21(38)13-20(37)18-35-25/h14-17,20-21,26,33,35,38H,5-13,18-19,34H2,1-4H3/t20-,21+,26?,33?/m0/s1. The number of aliphatic hydroxyl groups is 1. The molecule has 252 valence electrons. The minimum Gasteiger partial charge on any atom is -0.493 e. The van der Waals surface area contributed by atoms with E-state index in [1.54, 1.807) is 40.9 Å². The Labute approximate surface area is 274 Å². The van der Waals surface area contributed by atoms with Crippen molar-refractivity contribution >= 4 is 35.0 Å². The molecule has 5 rings (SSSR count). The van der Waals surface area contributed by atoms with Gasteiger partial charge in [-0.05, 0) is 44.1 Å². The van der Waals surface area contributed by atoms with Crippen molar-refractivity contribution in [2.45, 2.75) is 63.2 Å². The summed E-state index contributed by atoms with van der Waals surface area (Å²) in [5, 5.41) is 13.4. The van der Waals surface area contributed by atoms with Crippen molar-refractivity contribution in [3.8, 4) is 23.0 Å². The fourth-order valence-electron chi connectivity index (χ4n) is 6.41. The number of amides is 2. The van der Waals surface area contributed by atoms with E-state index in [1.807, 2.05) is 11.8 Å². The summed E-state index contributed by atoms with van der Waals surface area (Å²) in [5.41, 5.74) is 8.20. The first kappa shape index (κ1) is 33.8. The van der Waals surface area contributed by atoms with E-state index in [4.69, 9.17) is 29.4 Å². The zero-order valence-electron chi connectivity index (χ0n) is 27.1. The fourth-order valence-corrected chi connectivity index (χ4v) is 7.48. The number of nitrogens with one attached hydrogen (secondary N) is 1. The van der Waals surface area contributed by atoms with Crippen LogP contribution in [0.2, 0.25) is 0 Å². The molecule has 2 aromatic rings.